The monoisotopic (exact) mass is 364 g/mol. The van der Waals surface area contributed by atoms with Crippen molar-refractivity contribution in [1.29, 1.82) is 0 Å². The van der Waals surface area contributed by atoms with Crippen molar-refractivity contribution >= 4 is 21.6 Å². The van der Waals surface area contributed by atoms with E-state index in [4.69, 9.17) is 0 Å². The lowest BCUT2D eigenvalue weighted by molar-refractivity contribution is -0.137. The summed E-state index contributed by atoms with van der Waals surface area (Å²) >= 11 is 3.23. The Morgan fingerprint density at radius 1 is 1.29 bits per heavy atom. The van der Waals surface area contributed by atoms with E-state index in [1.54, 1.807) is 0 Å². The van der Waals surface area contributed by atoms with Gasteiger partial charge in [-0.15, -0.1) is 0 Å². The Labute approximate surface area is 131 Å². The van der Waals surface area contributed by atoms with Crippen LogP contribution in [-0.4, -0.2) is 31.1 Å². The van der Waals surface area contributed by atoms with Crippen molar-refractivity contribution in [2.75, 3.05) is 31.5 Å². The molecule has 1 atom stereocenters. The van der Waals surface area contributed by atoms with Gasteiger partial charge in [0.15, 0.2) is 0 Å². The lowest BCUT2D eigenvalue weighted by atomic mass is 10.1. The first-order valence-corrected chi connectivity index (χ1v) is 7.98. The second-order valence-electron chi connectivity index (χ2n) is 5.68. The molecule has 1 aromatic carbocycles. The second-order valence-corrected chi connectivity index (χ2v) is 6.60. The van der Waals surface area contributed by atoms with E-state index in [0.29, 0.717) is 16.9 Å². The van der Waals surface area contributed by atoms with E-state index in [1.807, 2.05) is 0 Å². The van der Waals surface area contributed by atoms with E-state index >= 15 is 0 Å². The summed E-state index contributed by atoms with van der Waals surface area (Å²) in [5, 5.41) is 2.96. The van der Waals surface area contributed by atoms with Gasteiger partial charge in [-0.1, -0.05) is 22.9 Å². The van der Waals surface area contributed by atoms with Crippen molar-refractivity contribution in [2.24, 2.45) is 5.92 Å². The highest BCUT2D eigenvalue weighted by molar-refractivity contribution is 9.10. The number of anilines is 1. The molecule has 1 fully saturated rings. The van der Waals surface area contributed by atoms with Crippen LogP contribution in [0.3, 0.4) is 0 Å². The van der Waals surface area contributed by atoms with Crippen LogP contribution in [0.15, 0.2) is 22.7 Å². The third kappa shape index (κ3) is 4.88. The van der Waals surface area contributed by atoms with Gasteiger partial charge in [-0.3, -0.25) is 0 Å². The van der Waals surface area contributed by atoms with Gasteiger partial charge >= 0.3 is 6.18 Å². The Morgan fingerprint density at radius 2 is 1.95 bits per heavy atom. The average Bonchev–Trinajstić information content (AvgIpc) is 2.87. The largest absolute Gasteiger partial charge is 0.418 e. The third-order valence-corrected chi connectivity index (χ3v) is 4.19. The molecule has 1 saturated heterocycles. The molecule has 1 heterocycles. The lowest BCUT2D eigenvalue weighted by Gasteiger charge is -2.22. The van der Waals surface area contributed by atoms with E-state index in [0.717, 1.165) is 25.7 Å². The molecule has 0 radical (unpaired) electrons. The quantitative estimate of drug-likeness (QED) is 0.820. The fourth-order valence-corrected chi connectivity index (χ4v) is 3.03. The summed E-state index contributed by atoms with van der Waals surface area (Å²) in [6, 6.07) is 4.02. The molecule has 1 aliphatic rings. The highest BCUT2D eigenvalue weighted by atomic mass is 79.9. The van der Waals surface area contributed by atoms with Crippen LogP contribution in [0.4, 0.5) is 18.9 Å². The van der Waals surface area contributed by atoms with E-state index in [9.17, 15) is 13.2 Å². The summed E-state index contributed by atoms with van der Waals surface area (Å²) in [6.45, 7) is 5.75. The number of nitrogens with zero attached hydrogens (tertiary/aromatic N) is 1. The molecule has 2 rings (SSSR count). The van der Waals surface area contributed by atoms with Crippen LogP contribution in [0.2, 0.25) is 0 Å². The van der Waals surface area contributed by atoms with Gasteiger partial charge < -0.3 is 10.2 Å². The Morgan fingerprint density at radius 3 is 2.57 bits per heavy atom. The van der Waals surface area contributed by atoms with E-state index in [1.165, 1.54) is 25.0 Å². The number of benzene rings is 1. The highest BCUT2D eigenvalue weighted by Gasteiger charge is 2.33. The summed E-state index contributed by atoms with van der Waals surface area (Å²) in [7, 11) is 0. The van der Waals surface area contributed by atoms with Crippen molar-refractivity contribution < 1.29 is 13.2 Å². The molecule has 0 amide bonds. The summed E-state index contributed by atoms with van der Waals surface area (Å²) in [5.41, 5.74) is -0.468. The summed E-state index contributed by atoms with van der Waals surface area (Å²) in [4.78, 5) is 2.37. The molecule has 1 aromatic rings. The highest BCUT2D eigenvalue weighted by Crippen LogP contribution is 2.36. The van der Waals surface area contributed by atoms with E-state index in [2.05, 4.69) is 33.1 Å². The molecule has 1 unspecified atom stereocenters. The molecule has 118 valence electrons. The minimum atomic E-state index is -4.33. The van der Waals surface area contributed by atoms with E-state index < -0.39 is 11.7 Å². The van der Waals surface area contributed by atoms with Crippen molar-refractivity contribution in [2.45, 2.75) is 25.9 Å². The Kier molecular flexibility index (Phi) is 5.54. The molecule has 21 heavy (non-hydrogen) atoms. The second kappa shape index (κ2) is 7.01. The van der Waals surface area contributed by atoms with Crippen LogP contribution in [0.1, 0.15) is 25.3 Å². The zero-order valence-electron chi connectivity index (χ0n) is 12.0. The van der Waals surface area contributed by atoms with Crippen LogP contribution in [0, 0.1) is 5.92 Å². The van der Waals surface area contributed by atoms with E-state index in [-0.39, 0.29) is 5.69 Å². The number of alkyl halides is 3. The van der Waals surface area contributed by atoms with Gasteiger partial charge in [-0.05, 0) is 50.0 Å². The maximum atomic E-state index is 13.0. The molecule has 1 N–H and O–H groups in total. The van der Waals surface area contributed by atoms with Crippen LogP contribution in [-0.2, 0) is 6.18 Å². The summed E-state index contributed by atoms with van der Waals surface area (Å²) < 4.78 is 39.5. The molecule has 0 aliphatic carbocycles. The summed E-state index contributed by atoms with van der Waals surface area (Å²) in [5.74, 6) is 0.308. The summed E-state index contributed by atoms with van der Waals surface area (Å²) in [6.07, 6.45) is -1.88. The lowest BCUT2D eigenvalue weighted by Crippen LogP contribution is -2.29. The molecule has 0 spiro atoms. The SMILES string of the molecule is CC(CNc1cc(Br)ccc1C(F)(F)F)CN1CCCC1. The van der Waals surface area contributed by atoms with Crippen LogP contribution < -0.4 is 5.32 Å². The fourth-order valence-electron chi connectivity index (χ4n) is 2.66. The normalized spacial score (nSPS) is 18.0. The molecule has 1 aliphatic heterocycles. The minimum absolute atomic E-state index is 0.144. The van der Waals surface area contributed by atoms with Gasteiger partial charge in [-0.25, -0.2) is 0 Å². The minimum Gasteiger partial charge on any atom is -0.384 e. The van der Waals surface area contributed by atoms with Crippen LogP contribution >= 0.6 is 15.9 Å². The number of likely N-dealkylation sites (tertiary alicyclic amines) is 1. The molecule has 0 saturated carbocycles. The van der Waals surface area contributed by atoms with Crippen molar-refractivity contribution in [3.8, 4) is 0 Å². The number of halogens is 4. The molecule has 6 heteroatoms. The van der Waals surface area contributed by atoms with Gasteiger partial charge in [0.1, 0.15) is 0 Å². The zero-order chi connectivity index (χ0) is 15.5. The molecular weight excluding hydrogens is 345 g/mol. The predicted molar refractivity (Wildman–Crippen MR) is 82.5 cm³/mol. The Bertz CT molecular complexity index is 470. The van der Waals surface area contributed by atoms with Gasteiger partial charge in [0, 0.05) is 23.2 Å². The van der Waals surface area contributed by atoms with Gasteiger partial charge in [0.25, 0.3) is 0 Å². The van der Waals surface area contributed by atoms with Gasteiger partial charge in [-0.2, -0.15) is 13.2 Å². The Balaban J connectivity index is 1.96. The first-order chi connectivity index (χ1) is 9.86. The van der Waals surface area contributed by atoms with Crippen molar-refractivity contribution in [3.05, 3.63) is 28.2 Å². The first kappa shape index (κ1) is 16.6. The van der Waals surface area contributed by atoms with Crippen molar-refractivity contribution in [1.82, 2.24) is 4.90 Å². The molecule has 0 bridgehead atoms. The predicted octanol–water partition coefficient (Wildman–Crippen LogP) is 4.61. The standard InChI is InChI=1S/C15H20BrF3N2/c1-11(10-21-6-2-3-7-21)9-20-14-8-12(16)4-5-13(14)15(17,18)19/h4-5,8,11,20H,2-3,6-7,9-10H2,1H3. The Hall–Kier alpha value is -0.750. The first-order valence-electron chi connectivity index (χ1n) is 7.19. The van der Waals surface area contributed by atoms with Crippen LogP contribution in [0.25, 0.3) is 0 Å². The smallest absolute Gasteiger partial charge is 0.384 e. The average molecular weight is 365 g/mol. The van der Waals surface area contributed by atoms with Gasteiger partial charge in [0.2, 0.25) is 0 Å². The third-order valence-electron chi connectivity index (χ3n) is 3.70. The van der Waals surface area contributed by atoms with Gasteiger partial charge in [0.05, 0.1) is 5.56 Å². The van der Waals surface area contributed by atoms with Crippen molar-refractivity contribution in [3.63, 3.8) is 0 Å². The zero-order valence-corrected chi connectivity index (χ0v) is 13.6. The molecule has 0 aromatic heterocycles. The molecule has 2 nitrogen and oxygen atoms in total. The topological polar surface area (TPSA) is 15.3 Å². The number of rotatable bonds is 5. The number of nitrogens with one attached hydrogen (secondary N) is 1. The maximum absolute atomic E-state index is 13.0. The maximum Gasteiger partial charge on any atom is 0.418 e. The number of hydrogen-bond donors (Lipinski definition) is 1. The fraction of sp³-hybridized carbons (Fsp3) is 0.600. The van der Waals surface area contributed by atoms with Crippen LogP contribution in [0.5, 0.6) is 0 Å². The molecular formula is C15H20BrF3N2. The number of hydrogen-bond acceptors (Lipinski definition) is 2.